The van der Waals surface area contributed by atoms with E-state index in [1.54, 1.807) is 0 Å². The van der Waals surface area contributed by atoms with E-state index < -0.39 is 0 Å². The Morgan fingerprint density at radius 2 is 2.06 bits per heavy atom. The Labute approximate surface area is 97.3 Å². The van der Waals surface area contributed by atoms with Gasteiger partial charge in [-0.25, -0.2) is 0 Å². The molecule has 1 aromatic carbocycles. The molecule has 0 saturated heterocycles. The van der Waals surface area contributed by atoms with Gasteiger partial charge in [-0.2, -0.15) is 0 Å². The second-order valence-corrected chi connectivity index (χ2v) is 3.63. The molecule has 0 atom stereocenters. The zero-order chi connectivity index (χ0) is 11.6. The highest BCUT2D eigenvalue weighted by atomic mass is 16.6. The number of nitrogens with zero attached hydrogens (tertiary/aromatic N) is 1. The van der Waals surface area contributed by atoms with Gasteiger partial charge in [0.1, 0.15) is 6.61 Å². The first kappa shape index (κ1) is 12.7. The van der Waals surface area contributed by atoms with Crippen LogP contribution in [-0.4, -0.2) is 18.9 Å². The van der Waals surface area contributed by atoms with Gasteiger partial charge in [-0.3, -0.25) is 0 Å². The van der Waals surface area contributed by atoms with Crippen LogP contribution in [-0.2, 0) is 4.84 Å². The van der Waals surface area contributed by atoms with Crippen molar-refractivity contribution in [2.45, 2.75) is 26.2 Å². The second kappa shape index (κ2) is 7.88. The van der Waals surface area contributed by atoms with Crippen LogP contribution in [0.15, 0.2) is 35.5 Å². The molecule has 0 aromatic heterocycles. The molecule has 1 rings (SSSR count). The van der Waals surface area contributed by atoms with E-state index in [9.17, 15) is 0 Å². The maximum absolute atomic E-state index is 5.36. The lowest BCUT2D eigenvalue weighted by molar-refractivity contribution is 0.152. The summed E-state index contributed by atoms with van der Waals surface area (Å²) >= 11 is 0. The standard InChI is InChI=1S/C13H20N2O/c1-2-3-9-13(15-16-11-10-14)12-7-5-4-6-8-12/h4-8H,2-3,9-11,14H2,1H3. The quantitative estimate of drug-likeness (QED) is 0.436. The Hall–Kier alpha value is -1.35. The fourth-order valence-electron chi connectivity index (χ4n) is 1.39. The van der Waals surface area contributed by atoms with Gasteiger partial charge in [0.25, 0.3) is 0 Å². The largest absolute Gasteiger partial charge is 0.394 e. The van der Waals surface area contributed by atoms with Gasteiger partial charge >= 0.3 is 0 Å². The van der Waals surface area contributed by atoms with Gasteiger partial charge in [0.05, 0.1) is 5.71 Å². The Morgan fingerprint density at radius 1 is 1.31 bits per heavy atom. The summed E-state index contributed by atoms with van der Waals surface area (Å²) in [5.41, 5.74) is 7.50. The monoisotopic (exact) mass is 220 g/mol. The Bertz CT molecular complexity index is 309. The van der Waals surface area contributed by atoms with Crippen molar-refractivity contribution in [3.63, 3.8) is 0 Å². The average Bonchev–Trinajstić information content (AvgIpc) is 2.35. The molecule has 0 amide bonds. The minimum Gasteiger partial charge on any atom is -0.394 e. The van der Waals surface area contributed by atoms with Gasteiger partial charge in [0.2, 0.25) is 0 Å². The first-order valence-corrected chi connectivity index (χ1v) is 5.82. The average molecular weight is 220 g/mol. The van der Waals surface area contributed by atoms with Crippen LogP contribution in [0, 0.1) is 0 Å². The third-order valence-corrected chi connectivity index (χ3v) is 2.26. The zero-order valence-electron chi connectivity index (χ0n) is 9.86. The lowest BCUT2D eigenvalue weighted by Gasteiger charge is -2.05. The number of hydrogen-bond acceptors (Lipinski definition) is 3. The van der Waals surface area contributed by atoms with E-state index in [0.29, 0.717) is 13.2 Å². The lowest BCUT2D eigenvalue weighted by Crippen LogP contribution is -2.08. The van der Waals surface area contributed by atoms with Crippen LogP contribution in [0.25, 0.3) is 0 Å². The van der Waals surface area contributed by atoms with Gasteiger partial charge in [-0.05, 0) is 18.4 Å². The van der Waals surface area contributed by atoms with Crippen LogP contribution >= 0.6 is 0 Å². The van der Waals surface area contributed by atoms with Crippen LogP contribution in [0.1, 0.15) is 31.7 Å². The molecule has 88 valence electrons. The highest BCUT2D eigenvalue weighted by Gasteiger charge is 2.03. The highest BCUT2D eigenvalue weighted by molar-refractivity contribution is 6.00. The number of unbranched alkanes of at least 4 members (excludes halogenated alkanes) is 1. The van der Waals surface area contributed by atoms with Gasteiger partial charge in [-0.1, -0.05) is 48.8 Å². The molecule has 16 heavy (non-hydrogen) atoms. The fourth-order valence-corrected chi connectivity index (χ4v) is 1.39. The predicted octanol–water partition coefficient (Wildman–Crippen LogP) is 2.56. The summed E-state index contributed by atoms with van der Waals surface area (Å²) in [5, 5.41) is 4.16. The SMILES string of the molecule is CCCCC(=NOCCN)c1ccccc1. The number of oxime groups is 1. The molecular formula is C13H20N2O. The van der Waals surface area contributed by atoms with Crippen molar-refractivity contribution in [2.75, 3.05) is 13.2 Å². The van der Waals surface area contributed by atoms with Gasteiger partial charge < -0.3 is 10.6 Å². The van der Waals surface area contributed by atoms with Crippen LogP contribution < -0.4 is 5.73 Å². The summed E-state index contributed by atoms with van der Waals surface area (Å²) in [5.74, 6) is 0. The van der Waals surface area contributed by atoms with Gasteiger partial charge in [-0.15, -0.1) is 0 Å². The summed E-state index contributed by atoms with van der Waals surface area (Å²) < 4.78 is 0. The van der Waals surface area contributed by atoms with Crippen LogP contribution in [0.2, 0.25) is 0 Å². The molecule has 1 aromatic rings. The summed E-state index contributed by atoms with van der Waals surface area (Å²) in [4.78, 5) is 5.16. The van der Waals surface area contributed by atoms with Gasteiger partial charge in [0, 0.05) is 6.54 Å². The first-order valence-electron chi connectivity index (χ1n) is 5.82. The van der Waals surface area contributed by atoms with Crippen LogP contribution in [0.5, 0.6) is 0 Å². The van der Waals surface area contributed by atoms with E-state index in [4.69, 9.17) is 10.6 Å². The van der Waals surface area contributed by atoms with Crippen LogP contribution in [0.4, 0.5) is 0 Å². The Morgan fingerprint density at radius 3 is 2.69 bits per heavy atom. The molecule has 0 heterocycles. The van der Waals surface area contributed by atoms with E-state index in [0.717, 1.165) is 30.5 Å². The molecule has 0 aliphatic carbocycles. The minimum atomic E-state index is 0.475. The molecule has 0 bridgehead atoms. The van der Waals surface area contributed by atoms with Crippen molar-refractivity contribution in [1.82, 2.24) is 0 Å². The molecule has 0 aliphatic rings. The third kappa shape index (κ3) is 4.45. The molecule has 0 radical (unpaired) electrons. The zero-order valence-corrected chi connectivity index (χ0v) is 9.86. The van der Waals surface area contributed by atoms with Crippen molar-refractivity contribution in [3.05, 3.63) is 35.9 Å². The fraction of sp³-hybridized carbons (Fsp3) is 0.462. The van der Waals surface area contributed by atoms with Crippen LogP contribution in [0.3, 0.4) is 0 Å². The lowest BCUT2D eigenvalue weighted by atomic mass is 10.1. The normalized spacial score (nSPS) is 11.5. The summed E-state index contributed by atoms with van der Waals surface area (Å²) in [6.45, 7) is 3.14. The second-order valence-electron chi connectivity index (χ2n) is 3.63. The van der Waals surface area contributed by atoms with Crippen molar-refractivity contribution >= 4 is 5.71 Å². The van der Waals surface area contributed by atoms with E-state index >= 15 is 0 Å². The van der Waals surface area contributed by atoms with E-state index in [-0.39, 0.29) is 0 Å². The molecule has 0 unspecified atom stereocenters. The van der Waals surface area contributed by atoms with Crippen molar-refractivity contribution in [3.8, 4) is 0 Å². The van der Waals surface area contributed by atoms with Gasteiger partial charge in [0.15, 0.2) is 0 Å². The van der Waals surface area contributed by atoms with Crippen molar-refractivity contribution in [2.24, 2.45) is 10.9 Å². The third-order valence-electron chi connectivity index (χ3n) is 2.26. The van der Waals surface area contributed by atoms with E-state index in [1.165, 1.54) is 0 Å². The molecule has 0 fully saturated rings. The number of hydrogen-bond donors (Lipinski definition) is 1. The predicted molar refractivity (Wildman–Crippen MR) is 67.5 cm³/mol. The topological polar surface area (TPSA) is 47.6 Å². The molecule has 3 heteroatoms. The van der Waals surface area contributed by atoms with E-state index in [1.807, 2.05) is 18.2 Å². The molecule has 0 aliphatic heterocycles. The molecular weight excluding hydrogens is 200 g/mol. The number of rotatable bonds is 7. The van der Waals surface area contributed by atoms with Crippen molar-refractivity contribution < 1.29 is 4.84 Å². The minimum absolute atomic E-state index is 0.475. The highest BCUT2D eigenvalue weighted by Crippen LogP contribution is 2.08. The summed E-state index contributed by atoms with van der Waals surface area (Å²) in [7, 11) is 0. The Kier molecular flexibility index (Phi) is 6.26. The summed E-state index contributed by atoms with van der Waals surface area (Å²) in [6, 6.07) is 10.1. The van der Waals surface area contributed by atoms with Crippen molar-refractivity contribution in [1.29, 1.82) is 0 Å². The molecule has 2 N–H and O–H groups in total. The smallest absolute Gasteiger partial charge is 0.129 e. The Balaban J connectivity index is 2.67. The molecule has 0 saturated carbocycles. The number of nitrogens with two attached hydrogens (primary N) is 1. The summed E-state index contributed by atoms with van der Waals surface area (Å²) in [6.07, 6.45) is 3.23. The van der Waals surface area contributed by atoms with E-state index in [2.05, 4.69) is 24.2 Å². The molecule has 0 spiro atoms. The molecule has 3 nitrogen and oxygen atoms in total. The maximum Gasteiger partial charge on any atom is 0.129 e. The maximum atomic E-state index is 5.36. The first-order chi connectivity index (χ1) is 7.88. The number of benzene rings is 1.